The first-order valence-electron chi connectivity index (χ1n) is 3.72. The van der Waals surface area contributed by atoms with E-state index in [-0.39, 0.29) is 5.24 Å². The number of hydrogen-bond acceptors (Lipinski definition) is 3. The predicted molar refractivity (Wildman–Crippen MR) is 54.5 cm³/mol. The van der Waals surface area contributed by atoms with Gasteiger partial charge >= 0.3 is 0 Å². The molecule has 0 aromatic heterocycles. The highest BCUT2D eigenvalue weighted by Gasteiger charge is 2.05. The van der Waals surface area contributed by atoms with E-state index in [9.17, 15) is 4.79 Å². The number of nitrogens with two attached hydrogens (primary N) is 2. The monoisotopic (exact) mass is 200 g/mol. The predicted octanol–water partition coefficient (Wildman–Crippen LogP) is 1.50. The lowest BCUT2D eigenvalue weighted by atomic mass is 10.0. The Kier molecular flexibility index (Phi) is 5.30. The number of halogens is 1. The van der Waals surface area contributed by atoms with Crippen molar-refractivity contribution in [2.75, 3.05) is 0 Å². The summed E-state index contributed by atoms with van der Waals surface area (Å²) in [6.07, 6.45) is 0. The minimum absolute atomic E-state index is 0.383. The molecule has 72 valence electrons. The van der Waals surface area contributed by atoms with Crippen LogP contribution in [0.4, 0.5) is 0 Å². The summed E-state index contributed by atoms with van der Waals surface area (Å²) in [6, 6.07) is 5.52. The Hall–Kier alpha value is -0.900. The minimum Gasteiger partial charge on any atom is -0.276 e. The average molecular weight is 201 g/mol. The molecular weight excluding hydrogens is 188 g/mol. The molecule has 0 saturated carbocycles. The highest BCUT2D eigenvalue weighted by Crippen LogP contribution is 2.14. The fraction of sp³-hybridized carbons (Fsp3) is 0.222. The second-order valence-electron chi connectivity index (χ2n) is 2.52. The minimum atomic E-state index is -0.383. The molecule has 3 nitrogen and oxygen atoms in total. The van der Waals surface area contributed by atoms with Crippen LogP contribution in [-0.4, -0.2) is 5.24 Å². The molecule has 4 heteroatoms. The van der Waals surface area contributed by atoms with Crippen molar-refractivity contribution in [2.45, 2.75) is 13.8 Å². The SMILES string of the molecule is Cc1cccc(C(=O)Cl)c1C.NN. The van der Waals surface area contributed by atoms with E-state index in [0.717, 1.165) is 11.1 Å². The fourth-order valence-corrected chi connectivity index (χ4v) is 1.17. The van der Waals surface area contributed by atoms with Crippen LogP contribution in [0.25, 0.3) is 0 Å². The third-order valence-electron chi connectivity index (χ3n) is 1.82. The quantitative estimate of drug-likeness (QED) is 0.410. The van der Waals surface area contributed by atoms with E-state index in [0.29, 0.717) is 5.56 Å². The molecule has 0 aliphatic rings. The zero-order valence-electron chi connectivity index (χ0n) is 7.67. The molecule has 1 rings (SSSR count). The highest BCUT2D eigenvalue weighted by molar-refractivity contribution is 6.67. The molecule has 1 aromatic rings. The highest BCUT2D eigenvalue weighted by atomic mass is 35.5. The topological polar surface area (TPSA) is 69.1 Å². The van der Waals surface area contributed by atoms with E-state index in [1.54, 1.807) is 6.07 Å². The van der Waals surface area contributed by atoms with E-state index in [2.05, 4.69) is 11.7 Å². The van der Waals surface area contributed by atoms with Crippen LogP contribution >= 0.6 is 11.6 Å². The third-order valence-corrected chi connectivity index (χ3v) is 2.02. The maximum Gasteiger partial charge on any atom is 0.252 e. The van der Waals surface area contributed by atoms with Gasteiger partial charge in [-0.1, -0.05) is 12.1 Å². The molecular formula is C9H13ClN2O. The number of carbonyl (C=O) groups excluding carboxylic acids is 1. The molecule has 0 aliphatic heterocycles. The first-order chi connectivity index (χ1) is 6.13. The lowest BCUT2D eigenvalue weighted by molar-refractivity contribution is 0.108. The smallest absolute Gasteiger partial charge is 0.252 e. The summed E-state index contributed by atoms with van der Waals surface area (Å²) in [5, 5.41) is -0.383. The van der Waals surface area contributed by atoms with Crippen molar-refractivity contribution < 1.29 is 4.79 Å². The van der Waals surface area contributed by atoms with Gasteiger partial charge in [0.25, 0.3) is 5.24 Å². The largest absolute Gasteiger partial charge is 0.276 e. The van der Waals surface area contributed by atoms with Gasteiger partial charge in [0.15, 0.2) is 0 Å². The van der Waals surface area contributed by atoms with Crippen molar-refractivity contribution in [3.8, 4) is 0 Å². The fourth-order valence-electron chi connectivity index (χ4n) is 0.964. The molecule has 0 radical (unpaired) electrons. The van der Waals surface area contributed by atoms with Crippen LogP contribution in [0.2, 0.25) is 0 Å². The Morgan fingerprint density at radius 1 is 1.31 bits per heavy atom. The molecule has 0 saturated heterocycles. The van der Waals surface area contributed by atoms with Crippen molar-refractivity contribution >= 4 is 16.8 Å². The van der Waals surface area contributed by atoms with Crippen molar-refractivity contribution in [2.24, 2.45) is 11.7 Å². The Labute approximate surface area is 82.6 Å². The third kappa shape index (κ3) is 3.14. The molecule has 0 spiro atoms. The first kappa shape index (κ1) is 12.1. The summed E-state index contributed by atoms with van der Waals surface area (Å²) in [4.78, 5) is 10.8. The number of aryl methyl sites for hydroxylation is 1. The molecule has 0 bridgehead atoms. The van der Waals surface area contributed by atoms with E-state index < -0.39 is 0 Å². The number of carbonyl (C=O) groups is 1. The molecule has 0 heterocycles. The normalized spacial score (nSPS) is 8.69. The van der Waals surface area contributed by atoms with Gasteiger partial charge in [-0.25, -0.2) is 0 Å². The summed E-state index contributed by atoms with van der Waals surface area (Å²) >= 11 is 5.34. The van der Waals surface area contributed by atoms with Crippen molar-refractivity contribution in [1.82, 2.24) is 0 Å². The van der Waals surface area contributed by atoms with Gasteiger partial charge in [-0.05, 0) is 42.6 Å². The number of benzene rings is 1. The molecule has 0 aliphatic carbocycles. The molecule has 0 atom stereocenters. The van der Waals surface area contributed by atoms with Crippen molar-refractivity contribution in [3.05, 3.63) is 34.9 Å². The second-order valence-corrected chi connectivity index (χ2v) is 2.86. The van der Waals surface area contributed by atoms with Gasteiger partial charge in [0, 0.05) is 5.56 Å². The summed E-state index contributed by atoms with van der Waals surface area (Å²) in [7, 11) is 0. The second kappa shape index (κ2) is 5.70. The van der Waals surface area contributed by atoms with Crippen LogP contribution in [-0.2, 0) is 0 Å². The summed E-state index contributed by atoms with van der Waals surface area (Å²) in [5.41, 5.74) is 2.66. The van der Waals surface area contributed by atoms with Gasteiger partial charge in [0.1, 0.15) is 0 Å². The van der Waals surface area contributed by atoms with Crippen LogP contribution in [0.5, 0.6) is 0 Å². The number of rotatable bonds is 1. The zero-order chi connectivity index (χ0) is 10.4. The van der Waals surface area contributed by atoms with Crippen LogP contribution in [0, 0.1) is 13.8 Å². The average Bonchev–Trinajstić information content (AvgIpc) is 2.13. The maximum atomic E-state index is 10.8. The van der Waals surface area contributed by atoms with Gasteiger partial charge < -0.3 is 0 Å². The van der Waals surface area contributed by atoms with Gasteiger partial charge in [0.2, 0.25) is 0 Å². The first-order valence-corrected chi connectivity index (χ1v) is 4.10. The van der Waals surface area contributed by atoms with E-state index in [1.807, 2.05) is 26.0 Å². The Bertz CT molecular complexity index is 300. The van der Waals surface area contributed by atoms with Gasteiger partial charge in [0.05, 0.1) is 0 Å². The molecule has 0 fully saturated rings. The standard InChI is InChI=1S/C9H9ClO.H4N2/c1-6-4-3-5-8(7(6)2)9(10)11;1-2/h3-5H,1-2H3;1-2H2. The molecule has 13 heavy (non-hydrogen) atoms. The molecule has 0 amide bonds. The lowest BCUT2D eigenvalue weighted by Crippen LogP contribution is -2.02. The van der Waals surface area contributed by atoms with Crippen molar-refractivity contribution in [3.63, 3.8) is 0 Å². The van der Waals surface area contributed by atoms with Crippen LogP contribution < -0.4 is 11.7 Å². The van der Waals surface area contributed by atoms with Gasteiger partial charge in [-0.2, -0.15) is 0 Å². The lowest BCUT2D eigenvalue weighted by Gasteiger charge is -2.02. The van der Waals surface area contributed by atoms with Crippen LogP contribution in [0.1, 0.15) is 21.5 Å². The summed E-state index contributed by atoms with van der Waals surface area (Å²) in [6.45, 7) is 3.85. The Morgan fingerprint density at radius 3 is 2.23 bits per heavy atom. The van der Waals surface area contributed by atoms with E-state index >= 15 is 0 Å². The molecule has 0 unspecified atom stereocenters. The van der Waals surface area contributed by atoms with Gasteiger partial charge in [-0.3, -0.25) is 16.5 Å². The summed E-state index contributed by atoms with van der Waals surface area (Å²) < 4.78 is 0. The van der Waals surface area contributed by atoms with Crippen LogP contribution in [0.15, 0.2) is 18.2 Å². The zero-order valence-corrected chi connectivity index (χ0v) is 8.43. The number of hydrazine groups is 1. The number of hydrogen-bond donors (Lipinski definition) is 2. The van der Waals surface area contributed by atoms with Crippen LogP contribution in [0.3, 0.4) is 0 Å². The summed E-state index contributed by atoms with van der Waals surface area (Å²) in [5.74, 6) is 8.00. The molecule has 4 N–H and O–H groups in total. The maximum absolute atomic E-state index is 10.8. The van der Waals surface area contributed by atoms with E-state index in [1.165, 1.54) is 0 Å². The van der Waals surface area contributed by atoms with Gasteiger partial charge in [-0.15, -0.1) is 0 Å². The Morgan fingerprint density at radius 2 is 1.85 bits per heavy atom. The molecule has 1 aromatic carbocycles. The van der Waals surface area contributed by atoms with E-state index in [4.69, 9.17) is 11.6 Å². The van der Waals surface area contributed by atoms with Crippen molar-refractivity contribution in [1.29, 1.82) is 0 Å². The Balaban J connectivity index is 0.000000671.